The van der Waals surface area contributed by atoms with Crippen molar-refractivity contribution >= 4 is 0 Å². The summed E-state index contributed by atoms with van der Waals surface area (Å²) in [5, 5.41) is 79.0. The summed E-state index contributed by atoms with van der Waals surface area (Å²) in [5.74, 6) is -3.18. The number of benzene rings is 3. The first-order valence-corrected chi connectivity index (χ1v) is 9.45. The Morgan fingerprint density at radius 2 is 1.47 bits per heavy atom. The van der Waals surface area contributed by atoms with Gasteiger partial charge in [0.25, 0.3) is 0 Å². The molecule has 10 heteroatoms. The van der Waals surface area contributed by atoms with Crippen molar-refractivity contribution in [3.8, 4) is 46.0 Å². The van der Waals surface area contributed by atoms with Crippen molar-refractivity contribution in [2.45, 2.75) is 24.9 Å². The first kappa shape index (κ1) is 21.2. The number of aliphatic hydroxyl groups excluding tert-OH is 1. The van der Waals surface area contributed by atoms with Crippen LogP contribution in [0.4, 0.5) is 0 Å². The molecule has 0 amide bonds. The average molecular weight is 444 g/mol. The Morgan fingerprint density at radius 3 is 2.12 bits per heavy atom. The molecule has 1 heterocycles. The van der Waals surface area contributed by atoms with Gasteiger partial charge in [0.15, 0.2) is 41.1 Å². The van der Waals surface area contributed by atoms with Crippen LogP contribution < -0.4 is 4.74 Å². The third-order valence-electron chi connectivity index (χ3n) is 5.18. The van der Waals surface area contributed by atoms with Gasteiger partial charge in [-0.1, -0.05) is 6.07 Å². The highest BCUT2D eigenvalue weighted by Gasteiger charge is 2.36. The number of hydrogen-bond donors (Lipinski definition) is 8. The van der Waals surface area contributed by atoms with Crippen molar-refractivity contribution in [2.75, 3.05) is 0 Å². The van der Waals surface area contributed by atoms with E-state index >= 15 is 0 Å². The summed E-state index contributed by atoms with van der Waals surface area (Å²) in [5.41, 5.74) is 0.601. The van der Waals surface area contributed by atoms with E-state index in [2.05, 4.69) is 0 Å². The van der Waals surface area contributed by atoms with Crippen molar-refractivity contribution < 1.29 is 50.3 Å². The molecule has 1 aliphatic heterocycles. The highest BCUT2D eigenvalue weighted by molar-refractivity contribution is 5.53. The number of ether oxygens (including phenoxy) is 2. The zero-order valence-corrected chi connectivity index (χ0v) is 16.4. The fourth-order valence-electron chi connectivity index (χ4n) is 3.58. The van der Waals surface area contributed by atoms with Crippen molar-refractivity contribution in [1.29, 1.82) is 0 Å². The lowest BCUT2D eigenvalue weighted by molar-refractivity contribution is -0.169. The third-order valence-corrected chi connectivity index (χ3v) is 5.18. The standard InChI is InChI=1S/C22H20O10/c23-11-6-14(25)12-8-19(32-22(30)10-4-16(27)20(29)17(28)5-10)21(31-18(12)7-11)9-1-2-13(24)15(26)3-9/h1-7,19,21-30H,8H2/t19-,21-,22?/m1/s1. The van der Waals surface area contributed by atoms with Gasteiger partial charge in [-0.2, -0.15) is 0 Å². The Bertz CT molecular complexity index is 1150. The zero-order chi connectivity index (χ0) is 23.2. The fraction of sp³-hybridized carbons (Fsp3) is 0.182. The lowest BCUT2D eigenvalue weighted by atomic mass is 9.93. The number of phenols is 7. The van der Waals surface area contributed by atoms with E-state index in [1.54, 1.807) is 0 Å². The maximum atomic E-state index is 10.6. The SMILES string of the molecule is Oc1cc(O)c2c(c1)O[C@H](c1ccc(O)c(O)c1)[C@H](OC(O)c1cc(O)c(O)c(O)c1)C2. The Balaban J connectivity index is 1.71. The number of rotatable bonds is 4. The van der Waals surface area contributed by atoms with E-state index in [9.17, 15) is 40.9 Å². The summed E-state index contributed by atoms with van der Waals surface area (Å²) in [6.45, 7) is 0. The molecule has 168 valence electrons. The largest absolute Gasteiger partial charge is 0.508 e. The van der Waals surface area contributed by atoms with Gasteiger partial charge in [-0.25, -0.2) is 0 Å². The van der Waals surface area contributed by atoms with Crippen LogP contribution in [0.5, 0.6) is 46.0 Å². The van der Waals surface area contributed by atoms with Gasteiger partial charge in [0.2, 0.25) is 0 Å². The van der Waals surface area contributed by atoms with Crippen LogP contribution in [-0.4, -0.2) is 47.0 Å². The highest BCUT2D eigenvalue weighted by Crippen LogP contribution is 2.45. The minimum Gasteiger partial charge on any atom is -0.508 e. The molecule has 0 aromatic heterocycles. The molecular formula is C22H20O10. The van der Waals surface area contributed by atoms with Crippen molar-refractivity contribution in [2.24, 2.45) is 0 Å². The predicted octanol–water partition coefficient (Wildman–Crippen LogP) is 2.38. The summed E-state index contributed by atoms with van der Waals surface area (Å²) in [6.07, 6.45) is -3.59. The molecular weight excluding hydrogens is 424 g/mol. The topological polar surface area (TPSA) is 180 Å². The lowest BCUT2D eigenvalue weighted by Crippen LogP contribution is -2.34. The maximum absolute atomic E-state index is 10.6. The van der Waals surface area contributed by atoms with Crippen LogP contribution in [0.15, 0.2) is 42.5 Å². The van der Waals surface area contributed by atoms with Gasteiger partial charge in [-0.15, -0.1) is 0 Å². The quantitative estimate of drug-likeness (QED) is 0.220. The van der Waals surface area contributed by atoms with Gasteiger partial charge >= 0.3 is 0 Å². The van der Waals surface area contributed by atoms with E-state index in [4.69, 9.17) is 9.47 Å². The summed E-state index contributed by atoms with van der Waals surface area (Å²) in [7, 11) is 0. The van der Waals surface area contributed by atoms with Crippen LogP contribution in [0, 0.1) is 0 Å². The molecule has 4 rings (SSSR count). The van der Waals surface area contributed by atoms with Crippen LogP contribution >= 0.6 is 0 Å². The Morgan fingerprint density at radius 1 is 0.781 bits per heavy atom. The molecule has 8 N–H and O–H groups in total. The molecule has 1 unspecified atom stereocenters. The Kier molecular flexibility index (Phi) is 5.25. The molecule has 3 atom stereocenters. The van der Waals surface area contributed by atoms with Gasteiger partial charge in [0.05, 0.1) is 0 Å². The summed E-state index contributed by atoms with van der Waals surface area (Å²) in [6, 6.07) is 8.39. The number of hydrogen-bond acceptors (Lipinski definition) is 10. The van der Waals surface area contributed by atoms with E-state index in [0.717, 1.165) is 18.2 Å². The molecule has 0 aliphatic carbocycles. The molecule has 3 aromatic carbocycles. The lowest BCUT2D eigenvalue weighted by Gasteiger charge is -2.35. The first-order valence-electron chi connectivity index (χ1n) is 9.45. The number of phenolic OH excluding ortho intramolecular Hbond substituents is 7. The molecule has 1 aliphatic rings. The summed E-state index contributed by atoms with van der Waals surface area (Å²) < 4.78 is 11.6. The van der Waals surface area contributed by atoms with Crippen LogP contribution in [0.1, 0.15) is 29.1 Å². The molecule has 3 aromatic rings. The Labute approximate surface area is 181 Å². The zero-order valence-electron chi connectivity index (χ0n) is 16.4. The third kappa shape index (κ3) is 3.84. The number of aliphatic hydroxyl groups is 1. The van der Waals surface area contributed by atoms with E-state index < -0.39 is 41.5 Å². The van der Waals surface area contributed by atoms with Gasteiger partial charge < -0.3 is 50.3 Å². The molecule has 10 nitrogen and oxygen atoms in total. The molecule has 0 fully saturated rings. The van der Waals surface area contributed by atoms with Crippen LogP contribution in [0.3, 0.4) is 0 Å². The number of aromatic hydroxyl groups is 7. The Hall–Kier alpha value is -4.02. The predicted molar refractivity (Wildman–Crippen MR) is 108 cm³/mol. The average Bonchev–Trinajstić information content (AvgIpc) is 2.73. The van der Waals surface area contributed by atoms with Crippen molar-refractivity contribution in [1.82, 2.24) is 0 Å². The smallest absolute Gasteiger partial charge is 0.200 e. The molecule has 0 bridgehead atoms. The first-order chi connectivity index (χ1) is 15.1. The molecule has 0 spiro atoms. The minimum atomic E-state index is -1.69. The van der Waals surface area contributed by atoms with Crippen LogP contribution in [0.2, 0.25) is 0 Å². The second-order valence-corrected chi connectivity index (χ2v) is 7.37. The van der Waals surface area contributed by atoms with E-state index in [-0.39, 0.29) is 35.0 Å². The molecule has 0 saturated carbocycles. The van der Waals surface area contributed by atoms with Crippen molar-refractivity contribution in [3.63, 3.8) is 0 Å². The minimum absolute atomic E-state index is 0.0147. The molecule has 0 radical (unpaired) electrons. The fourth-order valence-corrected chi connectivity index (χ4v) is 3.58. The van der Waals surface area contributed by atoms with E-state index in [1.165, 1.54) is 24.3 Å². The van der Waals surface area contributed by atoms with Gasteiger partial charge in [-0.3, -0.25) is 0 Å². The highest BCUT2D eigenvalue weighted by atomic mass is 16.6. The summed E-state index contributed by atoms with van der Waals surface area (Å²) in [4.78, 5) is 0. The van der Waals surface area contributed by atoms with Gasteiger partial charge in [0, 0.05) is 29.7 Å². The second kappa shape index (κ2) is 7.91. The van der Waals surface area contributed by atoms with E-state index in [0.29, 0.717) is 11.1 Å². The normalized spacial score (nSPS) is 18.5. The second-order valence-electron chi connectivity index (χ2n) is 7.37. The number of fused-ring (bicyclic) bond motifs is 1. The van der Waals surface area contributed by atoms with Crippen LogP contribution in [-0.2, 0) is 11.2 Å². The summed E-state index contributed by atoms with van der Waals surface area (Å²) >= 11 is 0. The molecule has 0 saturated heterocycles. The van der Waals surface area contributed by atoms with Gasteiger partial charge in [0.1, 0.15) is 23.4 Å². The van der Waals surface area contributed by atoms with Crippen molar-refractivity contribution in [3.05, 3.63) is 59.2 Å². The van der Waals surface area contributed by atoms with Crippen LogP contribution in [0.25, 0.3) is 0 Å². The maximum Gasteiger partial charge on any atom is 0.200 e. The molecule has 32 heavy (non-hydrogen) atoms. The van der Waals surface area contributed by atoms with Gasteiger partial charge in [-0.05, 0) is 29.8 Å². The van der Waals surface area contributed by atoms with E-state index in [1.807, 2.05) is 0 Å². The monoisotopic (exact) mass is 444 g/mol.